The SMILES string of the molecule is CC(C)(C)c1ccnc(-n2c3[c-]c(Oc4[c-]c(-n5ncc6c5N=C5C=CC=CN5B6c5c(-c6ccccc6)cccc5-c5ccccc5)ccc4)ccc3c3ccccc32)c1.[Pt+2]. The van der Waals surface area contributed by atoms with Crippen molar-refractivity contribution in [2.45, 2.75) is 26.2 Å². The first kappa shape index (κ1) is 39.1. The Morgan fingerprint density at radius 3 is 2.15 bits per heavy atom. The number of aliphatic imine (C=N–C) groups is 1. The Morgan fingerprint density at radius 1 is 0.677 bits per heavy atom. The van der Waals surface area contributed by atoms with Crippen LogP contribution in [0.3, 0.4) is 0 Å². The standard InChI is InChI=1S/C53H39BN6O.Pt/c1-53(2,3)38-29-30-55-50(32-38)59-47-25-11-10-22-44(47)45-28-27-41(34-48(45)59)61-40-21-14-20-39(33-40)60-52-46(35-56-60)54(58-31-13-12-26-49(58)57-52)51-42(36-16-6-4-7-17-36)23-15-24-43(51)37-18-8-5-9-19-37;/h4-32,35H,1-3H3;/q-2;+2. The molecule has 0 saturated heterocycles. The van der Waals surface area contributed by atoms with Crippen LogP contribution in [0.5, 0.6) is 11.5 Å². The molecule has 0 saturated carbocycles. The molecule has 7 nitrogen and oxygen atoms in total. The van der Waals surface area contributed by atoms with Gasteiger partial charge in [-0.2, -0.15) is 17.2 Å². The van der Waals surface area contributed by atoms with Crippen LogP contribution in [-0.4, -0.2) is 36.8 Å². The van der Waals surface area contributed by atoms with Crippen molar-refractivity contribution in [3.63, 3.8) is 0 Å². The van der Waals surface area contributed by atoms with Crippen molar-refractivity contribution in [2.75, 3.05) is 0 Å². The number of nitrogens with zero attached hydrogens (tertiary/aromatic N) is 6. The zero-order chi connectivity index (χ0) is 41.1. The zero-order valence-corrected chi connectivity index (χ0v) is 36.6. The third-order valence-corrected chi connectivity index (χ3v) is 11.6. The van der Waals surface area contributed by atoms with E-state index in [9.17, 15) is 0 Å². The van der Waals surface area contributed by atoms with E-state index in [-0.39, 0.29) is 33.3 Å². The molecule has 0 fully saturated rings. The first-order valence-electron chi connectivity index (χ1n) is 20.6. The van der Waals surface area contributed by atoms with Crippen LogP contribution in [0.1, 0.15) is 26.3 Å². The Labute approximate surface area is 375 Å². The molecule has 2 aliphatic rings. The Hall–Kier alpha value is -7.02. The second-order valence-corrected chi connectivity index (χ2v) is 16.4. The average Bonchev–Trinajstić information content (AvgIpc) is 3.87. The van der Waals surface area contributed by atoms with Crippen LogP contribution in [0.2, 0.25) is 0 Å². The summed E-state index contributed by atoms with van der Waals surface area (Å²) in [6, 6.07) is 57.5. The Balaban J connectivity index is 0.00000458. The van der Waals surface area contributed by atoms with Crippen LogP contribution in [0.25, 0.3) is 55.6 Å². The fraction of sp³-hybridized carbons (Fsp3) is 0.0755. The quantitative estimate of drug-likeness (QED) is 0.118. The summed E-state index contributed by atoms with van der Waals surface area (Å²) in [7, 11) is 0. The molecule has 3 aromatic heterocycles. The van der Waals surface area contributed by atoms with Gasteiger partial charge < -0.3 is 14.1 Å². The van der Waals surface area contributed by atoms with Gasteiger partial charge in [0.05, 0.1) is 0 Å². The molecule has 0 amide bonds. The summed E-state index contributed by atoms with van der Waals surface area (Å²) in [5, 5.41) is 7.22. The number of aromatic nitrogens is 4. The Kier molecular flexibility index (Phi) is 9.96. The number of allylic oxidation sites excluding steroid dienone is 2. The zero-order valence-electron chi connectivity index (χ0n) is 34.3. The normalized spacial score (nSPS) is 13.2. The van der Waals surface area contributed by atoms with Gasteiger partial charge in [-0.25, -0.2) is 14.7 Å². The monoisotopic (exact) mass is 981 g/mol. The van der Waals surface area contributed by atoms with Crippen LogP contribution in [0, 0.1) is 12.1 Å². The number of fused-ring (bicyclic) bond motifs is 5. The van der Waals surface area contributed by atoms with Gasteiger partial charge in [0, 0.05) is 34.9 Å². The van der Waals surface area contributed by atoms with Crippen molar-refractivity contribution in [3.05, 3.63) is 200 Å². The molecule has 62 heavy (non-hydrogen) atoms. The molecule has 2 aliphatic heterocycles. The fourth-order valence-electron chi connectivity index (χ4n) is 8.66. The molecule has 11 rings (SSSR count). The van der Waals surface area contributed by atoms with E-state index in [1.54, 1.807) is 0 Å². The van der Waals surface area contributed by atoms with Gasteiger partial charge in [0.1, 0.15) is 11.7 Å². The average molecular weight is 982 g/mol. The smallest absolute Gasteiger partial charge is 0.509 e. The number of amidine groups is 1. The van der Waals surface area contributed by atoms with E-state index in [1.807, 2.05) is 47.4 Å². The number of hydrogen-bond acceptors (Lipinski definition) is 5. The summed E-state index contributed by atoms with van der Waals surface area (Å²) in [6.45, 7) is 6.43. The van der Waals surface area contributed by atoms with Gasteiger partial charge in [-0.05, 0) is 86.3 Å². The first-order chi connectivity index (χ1) is 29.9. The van der Waals surface area contributed by atoms with Gasteiger partial charge in [0.15, 0.2) is 5.82 Å². The fourth-order valence-corrected chi connectivity index (χ4v) is 8.66. The summed E-state index contributed by atoms with van der Waals surface area (Å²) in [4.78, 5) is 12.3. The van der Waals surface area contributed by atoms with E-state index < -0.39 is 0 Å². The Bertz CT molecular complexity index is 3180. The van der Waals surface area contributed by atoms with E-state index in [0.29, 0.717) is 17.2 Å². The molecule has 0 bridgehead atoms. The van der Waals surface area contributed by atoms with E-state index in [4.69, 9.17) is 19.8 Å². The molecule has 9 heteroatoms. The molecule has 0 N–H and O–H groups in total. The molecule has 0 unspecified atom stereocenters. The van der Waals surface area contributed by atoms with E-state index in [2.05, 4.69) is 182 Å². The molecule has 0 aliphatic carbocycles. The third kappa shape index (κ3) is 6.81. The summed E-state index contributed by atoms with van der Waals surface area (Å²) in [5.41, 5.74) is 10.6. The van der Waals surface area contributed by atoms with Gasteiger partial charge in [-0.3, -0.25) is 0 Å². The van der Waals surface area contributed by atoms with Crippen molar-refractivity contribution in [2.24, 2.45) is 4.99 Å². The summed E-state index contributed by atoms with van der Waals surface area (Å²) >= 11 is 0. The second kappa shape index (κ2) is 15.8. The number of ether oxygens (including phenoxy) is 1. The molecule has 5 heterocycles. The molecule has 0 atom stereocenters. The van der Waals surface area contributed by atoms with Crippen LogP contribution in [-0.2, 0) is 26.5 Å². The van der Waals surface area contributed by atoms with Crippen LogP contribution >= 0.6 is 0 Å². The maximum Gasteiger partial charge on any atom is 2.00 e. The minimum absolute atomic E-state index is 0. The summed E-state index contributed by atoms with van der Waals surface area (Å²) in [6.07, 6.45) is 12.1. The molecular weight excluding hydrogens is 943 g/mol. The largest absolute Gasteiger partial charge is 2.00 e. The predicted molar refractivity (Wildman–Crippen MR) is 248 cm³/mol. The van der Waals surface area contributed by atoms with Crippen molar-refractivity contribution in [1.82, 2.24) is 24.1 Å². The van der Waals surface area contributed by atoms with Gasteiger partial charge in [-0.1, -0.05) is 129 Å². The van der Waals surface area contributed by atoms with Gasteiger partial charge in [0.25, 0.3) is 0 Å². The van der Waals surface area contributed by atoms with Crippen molar-refractivity contribution < 1.29 is 25.8 Å². The Morgan fingerprint density at radius 2 is 1.39 bits per heavy atom. The van der Waals surface area contributed by atoms with Gasteiger partial charge in [0.2, 0.25) is 0 Å². The number of benzene rings is 6. The minimum atomic E-state index is -0.227. The second-order valence-electron chi connectivity index (χ2n) is 16.4. The molecular formula is C53H39BN6OPt. The van der Waals surface area contributed by atoms with Crippen molar-refractivity contribution in [3.8, 4) is 45.3 Å². The number of hydrogen-bond donors (Lipinski definition) is 0. The van der Waals surface area contributed by atoms with Gasteiger partial charge in [-0.15, -0.1) is 35.7 Å². The van der Waals surface area contributed by atoms with Gasteiger partial charge >= 0.3 is 27.9 Å². The maximum absolute atomic E-state index is 6.59. The molecule has 300 valence electrons. The molecule has 0 spiro atoms. The summed E-state index contributed by atoms with van der Waals surface area (Å²) < 4.78 is 10.6. The number of rotatable bonds is 7. The van der Waals surface area contributed by atoms with E-state index in [1.165, 1.54) is 11.0 Å². The first-order valence-corrected chi connectivity index (χ1v) is 20.6. The molecule has 0 radical (unpaired) electrons. The van der Waals surface area contributed by atoms with Crippen molar-refractivity contribution >= 4 is 51.2 Å². The van der Waals surface area contributed by atoms with Crippen molar-refractivity contribution in [1.29, 1.82) is 0 Å². The molecule has 9 aromatic rings. The number of pyridine rings is 1. The van der Waals surface area contributed by atoms with Crippen LogP contribution in [0.4, 0.5) is 5.82 Å². The topological polar surface area (TPSA) is 60.5 Å². The van der Waals surface area contributed by atoms with E-state index >= 15 is 0 Å². The maximum atomic E-state index is 6.59. The van der Waals surface area contributed by atoms with E-state index in [0.717, 1.165) is 67.0 Å². The van der Waals surface area contributed by atoms with Crippen LogP contribution < -0.4 is 15.7 Å². The summed E-state index contributed by atoms with van der Waals surface area (Å²) in [5.74, 6) is 3.52. The van der Waals surface area contributed by atoms with Crippen LogP contribution in [0.15, 0.2) is 187 Å². The minimum Gasteiger partial charge on any atom is -0.509 e. The number of para-hydroxylation sites is 1. The predicted octanol–water partition coefficient (Wildman–Crippen LogP) is 10.9. The molecule has 6 aromatic carbocycles. The third-order valence-electron chi connectivity index (χ3n) is 11.6.